The first kappa shape index (κ1) is 19.9. The number of anilines is 2. The maximum absolute atomic E-state index is 12.7. The van der Waals surface area contributed by atoms with Gasteiger partial charge in [0.2, 0.25) is 5.75 Å². The summed E-state index contributed by atoms with van der Waals surface area (Å²) in [5.41, 5.74) is 2.68. The maximum atomic E-state index is 12.7. The molecule has 0 saturated heterocycles. The summed E-state index contributed by atoms with van der Waals surface area (Å²) in [6.45, 7) is 0.577. The van der Waals surface area contributed by atoms with Crippen LogP contribution in [-0.2, 0) is 6.54 Å². The van der Waals surface area contributed by atoms with Gasteiger partial charge >= 0.3 is 0 Å². The zero-order valence-electron chi connectivity index (χ0n) is 16.4. The summed E-state index contributed by atoms with van der Waals surface area (Å²) < 4.78 is 15.9. The van der Waals surface area contributed by atoms with Crippen LogP contribution in [0.2, 0.25) is 0 Å². The van der Waals surface area contributed by atoms with E-state index in [-0.39, 0.29) is 5.91 Å². The number of hydrogen-bond acceptors (Lipinski definition) is 7. The molecule has 8 nitrogen and oxygen atoms in total. The molecular weight excluding hydrogens is 372 g/mol. The third-order valence-electron chi connectivity index (χ3n) is 4.14. The van der Waals surface area contributed by atoms with E-state index in [1.165, 1.54) is 27.5 Å². The third kappa shape index (κ3) is 4.92. The van der Waals surface area contributed by atoms with Gasteiger partial charge in [-0.05, 0) is 17.7 Å². The molecule has 0 aliphatic carbocycles. The van der Waals surface area contributed by atoms with Gasteiger partial charge in [-0.2, -0.15) is 0 Å². The first-order chi connectivity index (χ1) is 14.1. The van der Waals surface area contributed by atoms with Crippen LogP contribution in [0.15, 0.2) is 55.1 Å². The highest BCUT2D eigenvalue weighted by Gasteiger charge is 2.15. The summed E-state index contributed by atoms with van der Waals surface area (Å²) in [6.07, 6.45) is 6.66. The number of rotatable bonds is 8. The number of ether oxygens (including phenoxy) is 3. The molecule has 1 amide bonds. The second kappa shape index (κ2) is 9.41. The Balaban J connectivity index is 1.74. The minimum absolute atomic E-state index is 0.309. The van der Waals surface area contributed by atoms with Crippen molar-refractivity contribution in [3.63, 3.8) is 0 Å². The molecule has 1 aromatic carbocycles. The fourth-order valence-electron chi connectivity index (χ4n) is 2.72. The average molecular weight is 394 g/mol. The molecule has 150 valence electrons. The van der Waals surface area contributed by atoms with Gasteiger partial charge in [-0.1, -0.05) is 6.07 Å². The van der Waals surface area contributed by atoms with E-state index in [2.05, 4.69) is 20.6 Å². The van der Waals surface area contributed by atoms with Crippen molar-refractivity contribution in [2.75, 3.05) is 32.0 Å². The summed E-state index contributed by atoms with van der Waals surface area (Å²) in [7, 11) is 4.56. The SMILES string of the molecule is COc1cc(NC(=O)c2cncc(NCc3cccnc3)c2)cc(OC)c1OC. The van der Waals surface area contributed by atoms with Crippen LogP contribution < -0.4 is 24.8 Å². The first-order valence-electron chi connectivity index (χ1n) is 8.83. The monoisotopic (exact) mass is 394 g/mol. The van der Waals surface area contributed by atoms with E-state index >= 15 is 0 Å². The minimum atomic E-state index is -0.309. The van der Waals surface area contributed by atoms with Gasteiger partial charge in [0.15, 0.2) is 11.5 Å². The van der Waals surface area contributed by atoms with Crippen molar-refractivity contribution in [3.05, 3.63) is 66.2 Å². The van der Waals surface area contributed by atoms with Gasteiger partial charge in [-0.15, -0.1) is 0 Å². The van der Waals surface area contributed by atoms with Crippen molar-refractivity contribution in [2.45, 2.75) is 6.54 Å². The molecule has 0 unspecified atom stereocenters. The molecule has 0 radical (unpaired) electrons. The number of carbonyl (C=O) groups excluding carboxylic acids is 1. The van der Waals surface area contributed by atoms with E-state index in [9.17, 15) is 4.79 Å². The molecule has 2 heterocycles. The Labute approximate surface area is 168 Å². The molecule has 0 bridgehead atoms. The lowest BCUT2D eigenvalue weighted by Crippen LogP contribution is -2.13. The van der Waals surface area contributed by atoms with Crippen molar-refractivity contribution in [2.24, 2.45) is 0 Å². The van der Waals surface area contributed by atoms with E-state index in [4.69, 9.17) is 14.2 Å². The van der Waals surface area contributed by atoms with Gasteiger partial charge in [0, 0.05) is 49.2 Å². The molecule has 8 heteroatoms. The molecule has 0 fully saturated rings. The van der Waals surface area contributed by atoms with E-state index < -0.39 is 0 Å². The van der Waals surface area contributed by atoms with Gasteiger partial charge in [0.25, 0.3) is 5.91 Å². The van der Waals surface area contributed by atoms with Gasteiger partial charge in [-0.3, -0.25) is 14.8 Å². The quantitative estimate of drug-likeness (QED) is 0.605. The fourth-order valence-corrected chi connectivity index (χ4v) is 2.72. The number of nitrogens with zero attached hydrogens (tertiary/aromatic N) is 2. The van der Waals surface area contributed by atoms with Gasteiger partial charge in [0.05, 0.1) is 32.6 Å². The van der Waals surface area contributed by atoms with Crippen molar-refractivity contribution < 1.29 is 19.0 Å². The molecule has 2 aromatic heterocycles. The largest absolute Gasteiger partial charge is 0.493 e. The Morgan fingerprint density at radius 1 is 0.931 bits per heavy atom. The van der Waals surface area contributed by atoms with Crippen molar-refractivity contribution >= 4 is 17.3 Å². The predicted octanol–water partition coefficient (Wildman–Crippen LogP) is 3.37. The highest BCUT2D eigenvalue weighted by Crippen LogP contribution is 2.40. The van der Waals surface area contributed by atoms with Crippen molar-refractivity contribution in [1.29, 1.82) is 0 Å². The molecule has 0 saturated carbocycles. The maximum Gasteiger partial charge on any atom is 0.257 e. The van der Waals surface area contributed by atoms with Crippen molar-refractivity contribution in [3.8, 4) is 17.2 Å². The minimum Gasteiger partial charge on any atom is -0.493 e. The van der Waals surface area contributed by atoms with Gasteiger partial charge in [-0.25, -0.2) is 0 Å². The fraction of sp³-hybridized carbons (Fsp3) is 0.190. The molecule has 0 aliphatic heterocycles. The Morgan fingerprint density at radius 3 is 2.31 bits per heavy atom. The second-order valence-corrected chi connectivity index (χ2v) is 6.05. The molecule has 29 heavy (non-hydrogen) atoms. The summed E-state index contributed by atoms with van der Waals surface area (Å²) in [5, 5.41) is 6.06. The lowest BCUT2D eigenvalue weighted by Gasteiger charge is -2.14. The van der Waals surface area contributed by atoms with E-state index in [0.717, 1.165) is 11.3 Å². The zero-order valence-corrected chi connectivity index (χ0v) is 16.4. The number of amides is 1. The second-order valence-electron chi connectivity index (χ2n) is 6.05. The van der Waals surface area contributed by atoms with Crippen LogP contribution in [0.5, 0.6) is 17.2 Å². The number of hydrogen-bond donors (Lipinski definition) is 2. The summed E-state index contributed by atoms with van der Waals surface area (Å²) in [4.78, 5) is 20.9. The first-order valence-corrected chi connectivity index (χ1v) is 8.83. The topological polar surface area (TPSA) is 94.6 Å². The Morgan fingerprint density at radius 2 is 1.69 bits per heavy atom. The number of pyridine rings is 2. The molecular formula is C21H22N4O4. The Bertz CT molecular complexity index is 954. The van der Waals surface area contributed by atoms with Crippen molar-refractivity contribution in [1.82, 2.24) is 9.97 Å². The summed E-state index contributed by atoms with van der Waals surface area (Å²) >= 11 is 0. The van der Waals surface area contributed by atoms with Crippen LogP contribution in [0.25, 0.3) is 0 Å². The Kier molecular flexibility index (Phi) is 6.47. The van der Waals surface area contributed by atoms with E-state index in [1.54, 1.807) is 36.8 Å². The highest BCUT2D eigenvalue weighted by atomic mass is 16.5. The highest BCUT2D eigenvalue weighted by molar-refractivity contribution is 6.04. The van der Waals surface area contributed by atoms with Gasteiger partial charge < -0.3 is 24.8 Å². The lowest BCUT2D eigenvalue weighted by molar-refractivity contribution is 0.102. The predicted molar refractivity (Wildman–Crippen MR) is 110 cm³/mol. The normalized spacial score (nSPS) is 10.2. The number of benzene rings is 1. The number of carbonyl (C=O) groups is 1. The molecule has 3 aromatic rings. The number of methoxy groups -OCH3 is 3. The summed E-state index contributed by atoms with van der Waals surface area (Å²) in [5.74, 6) is 1.05. The molecule has 3 rings (SSSR count). The van der Waals surface area contributed by atoms with Crippen LogP contribution >= 0.6 is 0 Å². The van der Waals surface area contributed by atoms with E-state index in [0.29, 0.717) is 35.0 Å². The third-order valence-corrected chi connectivity index (χ3v) is 4.14. The number of aromatic nitrogens is 2. The summed E-state index contributed by atoms with van der Waals surface area (Å²) in [6, 6.07) is 8.90. The van der Waals surface area contributed by atoms with E-state index in [1.807, 2.05) is 12.1 Å². The number of nitrogens with one attached hydrogen (secondary N) is 2. The van der Waals surface area contributed by atoms with Crippen LogP contribution in [0, 0.1) is 0 Å². The molecule has 0 atom stereocenters. The van der Waals surface area contributed by atoms with Crippen LogP contribution in [0.4, 0.5) is 11.4 Å². The molecule has 0 spiro atoms. The Hall–Kier alpha value is -3.81. The standard InChI is InChI=1S/C21H22N4O4/c1-27-18-8-16(9-19(28-2)20(18)29-3)25-21(26)15-7-17(13-23-12-15)24-11-14-5-4-6-22-10-14/h4-10,12-13,24H,11H2,1-3H3,(H,25,26). The zero-order chi connectivity index (χ0) is 20.6. The lowest BCUT2D eigenvalue weighted by atomic mass is 10.2. The average Bonchev–Trinajstić information content (AvgIpc) is 2.77. The van der Waals surface area contributed by atoms with Crippen LogP contribution in [0.1, 0.15) is 15.9 Å². The van der Waals surface area contributed by atoms with Crippen LogP contribution in [-0.4, -0.2) is 37.2 Å². The molecule has 0 aliphatic rings. The van der Waals surface area contributed by atoms with Crippen LogP contribution in [0.3, 0.4) is 0 Å². The van der Waals surface area contributed by atoms with Gasteiger partial charge in [0.1, 0.15) is 0 Å². The molecule has 2 N–H and O–H groups in total. The smallest absolute Gasteiger partial charge is 0.257 e.